The van der Waals surface area contributed by atoms with E-state index < -0.39 is 21.5 Å². The number of carboxylic acids is 1. The molecule has 0 saturated heterocycles. The fraction of sp³-hybridized carbons (Fsp3) is 0.385. The smallest absolute Gasteiger partial charge is 0.324 e. The Morgan fingerprint density at radius 1 is 1.52 bits per heavy atom. The van der Waals surface area contributed by atoms with Crippen LogP contribution >= 0.6 is 11.6 Å². The molecule has 0 amide bonds. The van der Waals surface area contributed by atoms with Crippen LogP contribution in [0, 0.1) is 11.3 Å². The molecule has 6 nitrogen and oxygen atoms in total. The molecule has 21 heavy (non-hydrogen) atoms. The van der Waals surface area contributed by atoms with Crippen LogP contribution in [-0.4, -0.2) is 25.0 Å². The minimum absolute atomic E-state index is 0.0780. The molecule has 8 heteroatoms. The van der Waals surface area contributed by atoms with Crippen molar-refractivity contribution in [3.63, 3.8) is 0 Å². The molecule has 1 atom stereocenters. The molecular formula is C13H15ClN2O4S. The van der Waals surface area contributed by atoms with Gasteiger partial charge in [-0.15, -0.1) is 0 Å². The predicted octanol–water partition coefficient (Wildman–Crippen LogP) is 2.13. The number of carbonyl (C=O) groups is 1. The zero-order chi connectivity index (χ0) is 16.3. The lowest BCUT2D eigenvalue weighted by atomic mass is 9.98. The first-order chi connectivity index (χ1) is 9.66. The molecule has 114 valence electrons. The molecule has 0 radical (unpaired) electrons. The molecule has 0 aliphatic rings. The Hall–Kier alpha value is -1.62. The third-order valence-electron chi connectivity index (χ3n) is 2.93. The molecule has 0 bridgehead atoms. The first-order valence-corrected chi connectivity index (χ1v) is 7.99. The normalized spacial score (nSPS) is 14.2. The van der Waals surface area contributed by atoms with Crippen molar-refractivity contribution >= 4 is 27.6 Å². The van der Waals surface area contributed by atoms with Crippen LogP contribution in [0.1, 0.15) is 32.3 Å². The van der Waals surface area contributed by atoms with Gasteiger partial charge in [0.1, 0.15) is 10.4 Å². The first-order valence-electron chi connectivity index (χ1n) is 6.13. The highest BCUT2D eigenvalue weighted by atomic mass is 35.5. The number of aliphatic carboxylic acids is 1. The van der Waals surface area contributed by atoms with Crippen LogP contribution in [0.5, 0.6) is 0 Å². The van der Waals surface area contributed by atoms with Crippen LogP contribution in [0.3, 0.4) is 0 Å². The molecule has 0 heterocycles. The average Bonchev–Trinajstić information content (AvgIpc) is 2.38. The molecule has 1 aromatic rings. The summed E-state index contributed by atoms with van der Waals surface area (Å²) in [5.74, 6) is -1.28. The fourth-order valence-electron chi connectivity index (χ4n) is 1.83. The Kier molecular flexibility index (Phi) is 5.34. The highest BCUT2D eigenvalue weighted by molar-refractivity contribution is 7.89. The van der Waals surface area contributed by atoms with Crippen LogP contribution < -0.4 is 4.72 Å². The number of nitriles is 1. The largest absolute Gasteiger partial charge is 0.480 e. The van der Waals surface area contributed by atoms with E-state index in [2.05, 4.69) is 4.72 Å². The van der Waals surface area contributed by atoms with Crippen LogP contribution in [0.15, 0.2) is 23.1 Å². The Balaban J connectivity index is 3.29. The Labute approximate surface area is 128 Å². The van der Waals surface area contributed by atoms with Gasteiger partial charge in [0.2, 0.25) is 10.0 Å². The summed E-state index contributed by atoms with van der Waals surface area (Å²) in [5, 5.41) is 18.0. The summed E-state index contributed by atoms with van der Waals surface area (Å²) < 4.78 is 26.9. The minimum atomic E-state index is -4.16. The van der Waals surface area contributed by atoms with E-state index in [-0.39, 0.29) is 21.9 Å². The molecule has 1 unspecified atom stereocenters. The van der Waals surface area contributed by atoms with E-state index in [9.17, 15) is 18.3 Å². The number of nitrogens with zero attached hydrogens (tertiary/aromatic N) is 1. The zero-order valence-corrected chi connectivity index (χ0v) is 13.1. The lowest BCUT2D eigenvalue weighted by Crippen LogP contribution is -2.51. The molecule has 1 rings (SSSR count). The van der Waals surface area contributed by atoms with Gasteiger partial charge in [0, 0.05) is 0 Å². The van der Waals surface area contributed by atoms with Crippen LogP contribution in [0.25, 0.3) is 0 Å². The van der Waals surface area contributed by atoms with E-state index in [0.29, 0.717) is 6.42 Å². The highest BCUT2D eigenvalue weighted by Crippen LogP contribution is 2.25. The summed E-state index contributed by atoms with van der Waals surface area (Å²) in [7, 11) is -4.16. The second-order valence-electron chi connectivity index (χ2n) is 4.75. The van der Waals surface area contributed by atoms with Crippen LogP contribution in [-0.2, 0) is 14.8 Å². The van der Waals surface area contributed by atoms with E-state index in [0.717, 1.165) is 6.07 Å². The maximum Gasteiger partial charge on any atom is 0.324 e. The lowest BCUT2D eigenvalue weighted by Gasteiger charge is -2.25. The van der Waals surface area contributed by atoms with E-state index in [1.807, 2.05) is 6.07 Å². The van der Waals surface area contributed by atoms with Crippen LogP contribution in [0.2, 0.25) is 5.02 Å². The number of hydrogen-bond acceptors (Lipinski definition) is 4. The quantitative estimate of drug-likeness (QED) is 0.830. The van der Waals surface area contributed by atoms with E-state index >= 15 is 0 Å². The topological polar surface area (TPSA) is 107 Å². The lowest BCUT2D eigenvalue weighted by molar-refractivity contribution is -0.143. The van der Waals surface area contributed by atoms with Gasteiger partial charge in [-0.05, 0) is 31.5 Å². The van der Waals surface area contributed by atoms with Crippen molar-refractivity contribution in [2.24, 2.45) is 0 Å². The summed E-state index contributed by atoms with van der Waals surface area (Å²) in [6.45, 7) is 3.04. The van der Waals surface area contributed by atoms with Gasteiger partial charge in [-0.1, -0.05) is 24.9 Å². The fourth-order valence-corrected chi connectivity index (χ4v) is 3.75. The number of hydrogen-bond donors (Lipinski definition) is 2. The van der Waals surface area contributed by atoms with Gasteiger partial charge in [-0.3, -0.25) is 4.79 Å². The predicted molar refractivity (Wildman–Crippen MR) is 77.4 cm³/mol. The van der Waals surface area contributed by atoms with Crippen molar-refractivity contribution in [1.82, 2.24) is 4.72 Å². The molecule has 2 N–H and O–H groups in total. The van der Waals surface area contributed by atoms with E-state index in [1.165, 1.54) is 19.1 Å². The van der Waals surface area contributed by atoms with Gasteiger partial charge in [-0.25, -0.2) is 8.42 Å². The van der Waals surface area contributed by atoms with Gasteiger partial charge in [-0.2, -0.15) is 9.98 Å². The van der Waals surface area contributed by atoms with Crippen molar-refractivity contribution in [3.8, 4) is 6.07 Å². The average molecular weight is 331 g/mol. The van der Waals surface area contributed by atoms with E-state index in [1.54, 1.807) is 6.92 Å². The maximum atomic E-state index is 12.3. The number of rotatable bonds is 6. The number of carboxylic acid groups (broad SMARTS) is 1. The second kappa shape index (κ2) is 6.43. The third kappa shape index (κ3) is 3.94. The molecule has 0 spiro atoms. The Morgan fingerprint density at radius 2 is 2.14 bits per heavy atom. The Bertz CT molecular complexity index is 697. The molecule has 0 aliphatic carbocycles. The molecule has 0 aromatic heterocycles. The van der Waals surface area contributed by atoms with Gasteiger partial charge < -0.3 is 5.11 Å². The van der Waals surface area contributed by atoms with Crippen LogP contribution in [0.4, 0.5) is 0 Å². The standard InChI is InChI=1S/C13H15ClN2O4S/c1-3-6-13(2,12(17)18)16-21(19,20)11-7-9(8-15)4-5-10(11)14/h4-5,7,16H,3,6H2,1-2H3,(H,17,18). The highest BCUT2D eigenvalue weighted by Gasteiger charge is 2.37. The van der Waals surface area contributed by atoms with Crippen molar-refractivity contribution < 1.29 is 18.3 Å². The number of halogens is 1. The zero-order valence-electron chi connectivity index (χ0n) is 11.6. The van der Waals surface area contributed by atoms with Gasteiger partial charge in [0.15, 0.2) is 0 Å². The number of sulfonamides is 1. The van der Waals surface area contributed by atoms with Crippen molar-refractivity contribution in [3.05, 3.63) is 28.8 Å². The van der Waals surface area contributed by atoms with Crippen molar-refractivity contribution in [1.29, 1.82) is 5.26 Å². The minimum Gasteiger partial charge on any atom is -0.480 e. The van der Waals surface area contributed by atoms with Gasteiger partial charge in [0.25, 0.3) is 0 Å². The van der Waals surface area contributed by atoms with Crippen molar-refractivity contribution in [2.75, 3.05) is 0 Å². The summed E-state index contributed by atoms with van der Waals surface area (Å²) in [6.07, 6.45) is 0.606. The molecule has 0 aliphatic heterocycles. The van der Waals surface area contributed by atoms with E-state index in [4.69, 9.17) is 16.9 Å². The monoisotopic (exact) mass is 330 g/mol. The number of nitrogens with one attached hydrogen (secondary N) is 1. The van der Waals surface area contributed by atoms with Crippen molar-refractivity contribution in [2.45, 2.75) is 37.1 Å². The second-order valence-corrected chi connectivity index (χ2v) is 6.81. The summed E-state index contributed by atoms with van der Waals surface area (Å²) in [5.41, 5.74) is -1.52. The molecular weight excluding hydrogens is 316 g/mol. The summed E-state index contributed by atoms with van der Waals surface area (Å²) in [4.78, 5) is 11.0. The molecule has 1 aromatic carbocycles. The summed E-state index contributed by atoms with van der Waals surface area (Å²) >= 11 is 5.85. The maximum absolute atomic E-state index is 12.3. The summed E-state index contributed by atoms with van der Waals surface area (Å²) in [6, 6.07) is 5.58. The molecule has 0 fully saturated rings. The van der Waals surface area contributed by atoms with Gasteiger partial charge >= 0.3 is 5.97 Å². The Morgan fingerprint density at radius 3 is 2.62 bits per heavy atom. The van der Waals surface area contributed by atoms with Gasteiger partial charge in [0.05, 0.1) is 16.7 Å². The third-order valence-corrected chi connectivity index (χ3v) is 5.01. The first kappa shape index (κ1) is 17.4. The number of benzene rings is 1. The molecule has 0 saturated carbocycles. The SMILES string of the molecule is CCCC(C)(NS(=O)(=O)c1cc(C#N)ccc1Cl)C(=O)O.